The van der Waals surface area contributed by atoms with Crippen molar-refractivity contribution in [2.24, 2.45) is 0 Å². The van der Waals surface area contributed by atoms with E-state index in [2.05, 4.69) is 0 Å². The first-order valence-electron chi connectivity index (χ1n) is 9.30. The van der Waals surface area contributed by atoms with Crippen molar-refractivity contribution < 1.29 is 23.1 Å². The molecule has 1 N–H and O–H groups in total. The molecule has 0 unspecified atom stereocenters. The minimum atomic E-state index is -3.33. The van der Waals surface area contributed by atoms with E-state index >= 15 is 0 Å². The van der Waals surface area contributed by atoms with Crippen molar-refractivity contribution in [1.29, 1.82) is 0 Å². The van der Waals surface area contributed by atoms with Gasteiger partial charge in [-0.15, -0.1) is 0 Å². The van der Waals surface area contributed by atoms with Crippen LogP contribution < -0.4 is 9.04 Å². The van der Waals surface area contributed by atoms with Gasteiger partial charge in [-0.3, -0.25) is 9.10 Å². The van der Waals surface area contributed by atoms with Crippen LogP contribution in [0.15, 0.2) is 24.3 Å². The molecule has 0 aromatic heterocycles. The van der Waals surface area contributed by atoms with Gasteiger partial charge in [-0.05, 0) is 43.5 Å². The molecule has 0 heterocycles. The van der Waals surface area contributed by atoms with Crippen molar-refractivity contribution in [1.82, 2.24) is 4.90 Å². The van der Waals surface area contributed by atoms with E-state index in [9.17, 15) is 18.3 Å². The zero-order chi connectivity index (χ0) is 20.2. The van der Waals surface area contributed by atoms with Crippen molar-refractivity contribution in [3.8, 4) is 5.75 Å². The number of anilines is 1. The Balaban J connectivity index is 2.06. The van der Waals surface area contributed by atoms with Crippen LogP contribution in [0.4, 0.5) is 5.69 Å². The number of ether oxygens (including phenoxy) is 1. The monoisotopic (exact) mass is 398 g/mol. The zero-order valence-corrected chi connectivity index (χ0v) is 17.3. The summed E-state index contributed by atoms with van der Waals surface area (Å²) in [6.07, 6.45) is 4.00. The number of carbonyl (C=O) groups excluding carboxylic acids is 1. The van der Waals surface area contributed by atoms with Gasteiger partial charge in [-0.1, -0.05) is 19.8 Å². The first-order valence-corrected chi connectivity index (χ1v) is 11.1. The highest BCUT2D eigenvalue weighted by molar-refractivity contribution is 7.92. The number of sulfonamides is 1. The maximum absolute atomic E-state index is 12.8. The standard InChI is InChI=1S/C19H30N2O5S/c1-5-18(19(23)20(2)16-8-6-7-9-17(16)22)26-15-12-10-14(11-13-15)21(3)27(4,24)25/h10-13,16-18,22H,5-9H2,1-4H3/t16-,17-,18-/m1/s1. The summed E-state index contributed by atoms with van der Waals surface area (Å²) in [5.41, 5.74) is 0.520. The van der Waals surface area contributed by atoms with Crippen molar-refractivity contribution >= 4 is 21.6 Å². The van der Waals surface area contributed by atoms with E-state index in [1.807, 2.05) is 6.92 Å². The van der Waals surface area contributed by atoms with E-state index in [1.54, 1.807) is 36.2 Å². The smallest absolute Gasteiger partial charge is 0.263 e. The molecule has 8 heteroatoms. The molecule has 1 saturated carbocycles. The van der Waals surface area contributed by atoms with Gasteiger partial charge < -0.3 is 14.7 Å². The molecule has 152 valence electrons. The highest BCUT2D eigenvalue weighted by Gasteiger charge is 2.33. The van der Waals surface area contributed by atoms with Crippen molar-refractivity contribution in [2.75, 3.05) is 24.7 Å². The minimum absolute atomic E-state index is 0.152. The Morgan fingerprint density at radius 2 is 1.81 bits per heavy atom. The van der Waals surface area contributed by atoms with Gasteiger partial charge >= 0.3 is 0 Å². The van der Waals surface area contributed by atoms with Gasteiger partial charge in [0.25, 0.3) is 5.91 Å². The second-order valence-electron chi connectivity index (χ2n) is 7.11. The highest BCUT2D eigenvalue weighted by atomic mass is 32.2. The lowest BCUT2D eigenvalue weighted by molar-refractivity contribution is -0.143. The van der Waals surface area contributed by atoms with Crippen LogP contribution in [0.5, 0.6) is 5.75 Å². The highest BCUT2D eigenvalue weighted by Crippen LogP contribution is 2.25. The summed E-state index contributed by atoms with van der Waals surface area (Å²) in [5, 5.41) is 10.2. The van der Waals surface area contributed by atoms with Crippen LogP contribution in [0.3, 0.4) is 0 Å². The quantitative estimate of drug-likeness (QED) is 0.759. The number of carbonyl (C=O) groups is 1. The van der Waals surface area contributed by atoms with Gasteiger partial charge in [0, 0.05) is 14.1 Å². The molecule has 1 aliphatic carbocycles. The molecular formula is C19H30N2O5S. The summed E-state index contributed by atoms with van der Waals surface area (Å²) in [5.74, 6) is 0.347. The van der Waals surface area contributed by atoms with Crippen molar-refractivity contribution in [3.63, 3.8) is 0 Å². The number of nitrogens with zero attached hydrogens (tertiary/aromatic N) is 2. The number of likely N-dealkylation sites (N-methyl/N-ethyl adjacent to an activating group) is 1. The van der Waals surface area contributed by atoms with Gasteiger partial charge in [-0.2, -0.15) is 0 Å². The number of aliphatic hydroxyl groups excluding tert-OH is 1. The van der Waals surface area contributed by atoms with Gasteiger partial charge in [0.2, 0.25) is 10.0 Å². The molecule has 27 heavy (non-hydrogen) atoms. The average Bonchev–Trinajstić information content (AvgIpc) is 2.64. The fourth-order valence-corrected chi connectivity index (χ4v) is 3.84. The molecule has 1 amide bonds. The summed E-state index contributed by atoms with van der Waals surface area (Å²) in [6.45, 7) is 1.87. The van der Waals surface area contributed by atoms with Crippen LogP contribution in [0, 0.1) is 0 Å². The molecular weight excluding hydrogens is 368 g/mol. The van der Waals surface area contributed by atoms with E-state index < -0.39 is 22.2 Å². The Bertz CT molecular complexity index is 735. The summed E-state index contributed by atoms with van der Waals surface area (Å²) in [4.78, 5) is 14.4. The number of aliphatic hydroxyl groups is 1. The van der Waals surface area contributed by atoms with Gasteiger partial charge in [0.15, 0.2) is 6.10 Å². The average molecular weight is 399 g/mol. The second-order valence-corrected chi connectivity index (χ2v) is 9.12. The zero-order valence-electron chi connectivity index (χ0n) is 16.5. The molecule has 0 radical (unpaired) electrons. The number of rotatable bonds is 7. The van der Waals surface area contributed by atoms with Crippen molar-refractivity contribution in [3.05, 3.63) is 24.3 Å². The SMILES string of the molecule is CC[C@@H](Oc1ccc(N(C)S(C)(=O)=O)cc1)C(=O)N(C)[C@@H]1CCCC[C@H]1O. The topological polar surface area (TPSA) is 87.2 Å². The third-order valence-electron chi connectivity index (χ3n) is 5.16. The number of benzene rings is 1. The lowest BCUT2D eigenvalue weighted by Crippen LogP contribution is -2.50. The number of hydrogen-bond acceptors (Lipinski definition) is 5. The van der Waals surface area contributed by atoms with E-state index in [4.69, 9.17) is 4.74 Å². The third kappa shape index (κ3) is 5.35. The largest absolute Gasteiger partial charge is 0.481 e. The van der Waals surface area contributed by atoms with Crippen LogP contribution in [0.25, 0.3) is 0 Å². The van der Waals surface area contributed by atoms with Crippen molar-refractivity contribution in [2.45, 2.75) is 57.3 Å². The molecule has 2 rings (SSSR count). The maximum atomic E-state index is 12.8. The van der Waals surface area contributed by atoms with E-state index in [0.717, 1.165) is 31.9 Å². The summed E-state index contributed by atoms with van der Waals surface area (Å²) in [6, 6.07) is 6.42. The fourth-order valence-electron chi connectivity index (χ4n) is 3.33. The summed E-state index contributed by atoms with van der Waals surface area (Å²) in [7, 11) is -0.131. The summed E-state index contributed by atoms with van der Waals surface area (Å²) < 4.78 is 30.2. The molecule has 1 aliphatic rings. The number of amides is 1. The Hall–Kier alpha value is -1.80. The maximum Gasteiger partial charge on any atom is 0.263 e. The van der Waals surface area contributed by atoms with Crippen LogP contribution in [-0.2, 0) is 14.8 Å². The molecule has 0 aliphatic heterocycles. The molecule has 7 nitrogen and oxygen atoms in total. The third-order valence-corrected chi connectivity index (χ3v) is 6.37. The van der Waals surface area contributed by atoms with Crippen LogP contribution in [0.2, 0.25) is 0 Å². The van der Waals surface area contributed by atoms with Crippen LogP contribution in [-0.4, -0.2) is 62.9 Å². The van der Waals surface area contributed by atoms with Gasteiger partial charge in [0.05, 0.1) is 24.1 Å². The molecule has 3 atom stereocenters. The van der Waals surface area contributed by atoms with Gasteiger partial charge in [0.1, 0.15) is 5.75 Å². The predicted molar refractivity (Wildman–Crippen MR) is 105 cm³/mol. The lowest BCUT2D eigenvalue weighted by atomic mass is 9.91. The lowest BCUT2D eigenvalue weighted by Gasteiger charge is -2.36. The Morgan fingerprint density at radius 1 is 1.22 bits per heavy atom. The summed E-state index contributed by atoms with van der Waals surface area (Å²) >= 11 is 0. The molecule has 1 fully saturated rings. The molecule has 0 spiro atoms. The Kier molecular flexibility index (Phi) is 7.11. The number of hydrogen-bond donors (Lipinski definition) is 1. The molecule has 0 saturated heterocycles. The predicted octanol–water partition coefficient (Wildman–Crippen LogP) is 2.00. The van der Waals surface area contributed by atoms with E-state index in [-0.39, 0.29) is 11.9 Å². The second kappa shape index (κ2) is 8.93. The fraction of sp³-hybridized carbons (Fsp3) is 0.632. The van der Waals surface area contributed by atoms with Gasteiger partial charge in [-0.25, -0.2) is 8.42 Å². The normalized spacial score (nSPS) is 21.4. The molecule has 1 aromatic carbocycles. The Labute approximate surface area is 162 Å². The first kappa shape index (κ1) is 21.5. The van der Waals surface area contributed by atoms with E-state index in [0.29, 0.717) is 17.9 Å². The first-order chi connectivity index (χ1) is 12.6. The molecule has 0 bridgehead atoms. The van der Waals surface area contributed by atoms with Crippen LogP contribution >= 0.6 is 0 Å². The van der Waals surface area contributed by atoms with Crippen LogP contribution in [0.1, 0.15) is 39.0 Å². The molecule has 1 aromatic rings. The minimum Gasteiger partial charge on any atom is -0.481 e. The van der Waals surface area contributed by atoms with E-state index in [1.165, 1.54) is 11.4 Å². The Morgan fingerprint density at radius 3 is 2.33 bits per heavy atom.